The Morgan fingerprint density at radius 3 is 2.57 bits per heavy atom. The summed E-state index contributed by atoms with van der Waals surface area (Å²) in [5.74, 6) is 1.26. The maximum atomic E-state index is 13.2. The molecule has 0 saturated heterocycles. The van der Waals surface area contributed by atoms with E-state index < -0.39 is 6.10 Å². The summed E-state index contributed by atoms with van der Waals surface area (Å²) in [6, 6.07) is 7.42. The number of unbranched alkanes of at least 4 members (excludes halogenated alkanes) is 2. The first kappa shape index (κ1) is 20.2. The van der Waals surface area contributed by atoms with Gasteiger partial charge in [-0.3, -0.25) is 13.9 Å². The molecule has 0 aliphatic carbocycles. The number of ether oxygens (including phenoxy) is 1. The number of rotatable bonds is 6. The van der Waals surface area contributed by atoms with Crippen molar-refractivity contribution >= 4 is 22.8 Å². The third-order valence-corrected chi connectivity index (χ3v) is 5.61. The molecule has 4 rings (SSSR count). The van der Waals surface area contributed by atoms with Gasteiger partial charge in [0.1, 0.15) is 5.75 Å². The molecular weight excluding hydrogens is 386 g/mol. The highest BCUT2D eigenvalue weighted by Gasteiger charge is 2.30. The maximum Gasteiger partial charge on any atom is 0.332 e. The van der Waals surface area contributed by atoms with Crippen LogP contribution < -0.4 is 20.9 Å². The molecular formula is C21H27N5O4. The van der Waals surface area contributed by atoms with Crippen LogP contribution in [0.4, 0.5) is 11.6 Å². The van der Waals surface area contributed by atoms with Crippen molar-refractivity contribution in [1.29, 1.82) is 0 Å². The minimum absolute atomic E-state index is 0.251. The van der Waals surface area contributed by atoms with Crippen molar-refractivity contribution in [2.75, 3.05) is 18.6 Å². The second-order valence-electron chi connectivity index (χ2n) is 7.66. The van der Waals surface area contributed by atoms with Gasteiger partial charge in [-0.2, -0.15) is 4.98 Å². The van der Waals surface area contributed by atoms with Gasteiger partial charge in [-0.25, -0.2) is 4.79 Å². The van der Waals surface area contributed by atoms with E-state index in [0.717, 1.165) is 30.7 Å². The van der Waals surface area contributed by atoms with Crippen molar-refractivity contribution in [2.45, 2.75) is 45.4 Å². The number of fused-ring (bicyclic) bond motifs is 3. The van der Waals surface area contributed by atoms with Crippen LogP contribution in [0.2, 0.25) is 0 Å². The van der Waals surface area contributed by atoms with E-state index in [-0.39, 0.29) is 17.8 Å². The number of anilines is 2. The molecule has 0 bridgehead atoms. The van der Waals surface area contributed by atoms with E-state index in [4.69, 9.17) is 4.74 Å². The molecule has 9 heteroatoms. The first-order valence-corrected chi connectivity index (χ1v) is 10.3. The van der Waals surface area contributed by atoms with E-state index in [1.54, 1.807) is 18.7 Å². The SMILES string of the molecule is CCCCCn1c(=O)c2c(nc3n2C[C@@H](O)CN3c2ccc(OC)cc2)n(C)c1=O. The number of nitrogens with zero attached hydrogens (tertiary/aromatic N) is 5. The average molecular weight is 413 g/mol. The Morgan fingerprint density at radius 1 is 1.17 bits per heavy atom. The zero-order chi connectivity index (χ0) is 21.4. The van der Waals surface area contributed by atoms with Gasteiger partial charge < -0.3 is 19.3 Å². The predicted octanol–water partition coefficient (Wildman–Crippen LogP) is 1.61. The predicted molar refractivity (Wildman–Crippen MR) is 115 cm³/mol. The molecule has 1 N–H and O–H groups in total. The van der Waals surface area contributed by atoms with Crippen LogP contribution in [0.1, 0.15) is 26.2 Å². The van der Waals surface area contributed by atoms with E-state index in [1.165, 1.54) is 9.13 Å². The molecule has 0 radical (unpaired) electrons. The van der Waals surface area contributed by atoms with E-state index >= 15 is 0 Å². The van der Waals surface area contributed by atoms with Crippen LogP contribution >= 0.6 is 0 Å². The molecule has 9 nitrogen and oxygen atoms in total. The van der Waals surface area contributed by atoms with Crippen LogP contribution in [0.5, 0.6) is 5.75 Å². The highest BCUT2D eigenvalue weighted by Crippen LogP contribution is 2.32. The summed E-state index contributed by atoms with van der Waals surface area (Å²) in [6.07, 6.45) is 2.03. The zero-order valence-electron chi connectivity index (χ0n) is 17.5. The van der Waals surface area contributed by atoms with Crippen molar-refractivity contribution in [2.24, 2.45) is 7.05 Å². The fourth-order valence-corrected chi connectivity index (χ4v) is 4.00. The normalized spacial score (nSPS) is 16.1. The summed E-state index contributed by atoms with van der Waals surface area (Å²) in [5, 5.41) is 10.5. The van der Waals surface area contributed by atoms with Gasteiger partial charge in [-0.15, -0.1) is 0 Å². The second-order valence-corrected chi connectivity index (χ2v) is 7.66. The van der Waals surface area contributed by atoms with E-state index in [1.807, 2.05) is 29.2 Å². The first-order chi connectivity index (χ1) is 14.5. The van der Waals surface area contributed by atoms with Crippen LogP contribution in [-0.2, 0) is 20.1 Å². The molecule has 1 aliphatic heterocycles. The Morgan fingerprint density at radius 2 is 1.90 bits per heavy atom. The van der Waals surface area contributed by atoms with Crippen molar-refractivity contribution < 1.29 is 9.84 Å². The number of hydrogen-bond acceptors (Lipinski definition) is 6. The zero-order valence-corrected chi connectivity index (χ0v) is 17.5. The fraction of sp³-hybridized carbons (Fsp3) is 0.476. The Balaban J connectivity index is 1.88. The van der Waals surface area contributed by atoms with Crippen LogP contribution in [0.25, 0.3) is 11.2 Å². The average Bonchev–Trinajstić information content (AvgIpc) is 3.13. The van der Waals surface area contributed by atoms with E-state index in [9.17, 15) is 14.7 Å². The lowest BCUT2D eigenvalue weighted by Crippen LogP contribution is -2.41. The number of aliphatic hydroxyl groups excluding tert-OH is 1. The highest BCUT2D eigenvalue weighted by molar-refractivity contribution is 5.77. The third kappa shape index (κ3) is 3.28. The Hall–Kier alpha value is -3.07. The van der Waals surface area contributed by atoms with Crippen LogP contribution in [-0.4, -0.2) is 43.6 Å². The Kier molecular flexibility index (Phi) is 5.38. The Bertz CT molecular complexity index is 1180. The van der Waals surface area contributed by atoms with Crippen molar-refractivity contribution in [3.63, 3.8) is 0 Å². The van der Waals surface area contributed by atoms with Crippen LogP contribution in [0, 0.1) is 0 Å². The molecule has 0 amide bonds. The molecule has 0 saturated carbocycles. The topological polar surface area (TPSA) is 94.5 Å². The van der Waals surface area contributed by atoms with Gasteiger partial charge in [0.25, 0.3) is 5.56 Å². The summed E-state index contributed by atoms with van der Waals surface area (Å²) in [5.41, 5.74) is 0.780. The molecule has 1 aliphatic rings. The molecule has 0 fully saturated rings. The smallest absolute Gasteiger partial charge is 0.332 e. The molecule has 1 atom stereocenters. The van der Waals surface area contributed by atoms with Gasteiger partial charge in [0.15, 0.2) is 11.2 Å². The van der Waals surface area contributed by atoms with Crippen LogP contribution in [0.15, 0.2) is 33.9 Å². The number of aliphatic hydroxyl groups is 1. The van der Waals surface area contributed by atoms with Gasteiger partial charge in [-0.1, -0.05) is 19.8 Å². The van der Waals surface area contributed by atoms with Gasteiger partial charge in [0, 0.05) is 19.3 Å². The molecule has 0 spiro atoms. The first-order valence-electron chi connectivity index (χ1n) is 10.3. The van der Waals surface area contributed by atoms with Gasteiger partial charge in [0.05, 0.1) is 26.3 Å². The molecule has 160 valence electrons. The van der Waals surface area contributed by atoms with Crippen LogP contribution in [0.3, 0.4) is 0 Å². The molecule has 0 unspecified atom stereocenters. The van der Waals surface area contributed by atoms with E-state index in [2.05, 4.69) is 11.9 Å². The lowest BCUT2D eigenvalue weighted by Gasteiger charge is -2.32. The summed E-state index contributed by atoms with van der Waals surface area (Å²) < 4.78 is 9.66. The highest BCUT2D eigenvalue weighted by atomic mass is 16.5. The van der Waals surface area contributed by atoms with Crippen molar-refractivity contribution in [3.05, 3.63) is 45.1 Å². The number of aryl methyl sites for hydroxylation is 1. The number of β-amino-alcohol motifs (C(OH)–C–C–N with tert-alkyl or cyclic N) is 1. The summed E-state index contributed by atoms with van der Waals surface area (Å²) in [6.45, 7) is 3.04. The largest absolute Gasteiger partial charge is 0.497 e. The molecule has 3 aromatic rings. The van der Waals surface area contributed by atoms with Crippen molar-refractivity contribution in [3.8, 4) is 5.75 Å². The van der Waals surface area contributed by atoms with Gasteiger partial charge in [0.2, 0.25) is 5.95 Å². The van der Waals surface area contributed by atoms with Gasteiger partial charge >= 0.3 is 5.69 Å². The minimum atomic E-state index is -0.679. The van der Waals surface area contributed by atoms with E-state index in [0.29, 0.717) is 30.2 Å². The number of methoxy groups -OCH3 is 1. The number of aromatic nitrogens is 4. The fourth-order valence-electron chi connectivity index (χ4n) is 4.00. The third-order valence-electron chi connectivity index (χ3n) is 5.61. The standard InChI is InChI=1S/C21H27N5O4/c1-4-5-6-11-24-19(28)17-18(23(2)21(24)29)22-20-25(12-15(27)13-26(17)20)14-7-9-16(30-3)10-8-14/h7-10,15,27H,4-6,11-13H2,1-3H3/t15-/m0/s1. The molecule has 30 heavy (non-hydrogen) atoms. The summed E-state index contributed by atoms with van der Waals surface area (Å²) in [7, 11) is 3.23. The Labute approximate surface area is 173 Å². The molecule has 1 aromatic carbocycles. The maximum absolute atomic E-state index is 13.2. The lowest BCUT2D eigenvalue weighted by molar-refractivity contribution is 0.154. The minimum Gasteiger partial charge on any atom is -0.497 e. The quantitative estimate of drug-likeness (QED) is 0.617. The monoisotopic (exact) mass is 413 g/mol. The number of hydrogen-bond donors (Lipinski definition) is 1. The lowest BCUT2D eigenvalue weighted by atomic mass is 10.2. The molecule has 2 aromatic heterocycles. The number of imidazole rings is 1. The summed E-state index contributed by atoms with van der Waals surface area (Å²) >= 11 is 0. The van der Waals surface area contributed by atoms with Gasteiger partial charge in [-0.05, 0) is 30.7 Å². The van der Waals surface area contributed by atoms with Crippen molar-refractivity contribution in [1.82, 2.24) is 18.7 Å². The second kappa shape index (κ2) is 7.98. The molecule has 3 heterocycles. The number of benzene rings is 1. The summed E-state index contributed by atoms with van der Waals surface area (Å²) in [4.78, 5) is 32.5.